The van der Waals surface area contributed by atoms with Crippen LogP contribution in [0.5, 0.6) is 11.6 Å². The van der Waals surface area contributed by atoms with Gasteiger partial charge >= 0.3 is 6.18 Å². The highest BCUT2D eigenvalue weighted by Crippen LogP contribution is 2.30. The number of halogens is 3. The van der Waals surface area contributed by atoms with Gasteiger partial charge in [0.25, 0.3) is 5.69 Å². The molecule has 0 N–H and O–H groups in total. The molecule has 0 unspecified atom stereocenters. The zero-order valence-electron chi connectivity index (χ0n) is 9.79. The second-order valence-electron chi connectivity index (χ2n) is 3.74. The highest BCUT2D eigenvalue weighted by molar-refractivity contribution is 5.37. The number of alkyl halides is 3. The van der Waals surface area contributed by atoms with E-state index in [0.29, 0.717) is 6.20 Å². The molecule has 1 aromatic carbocycles. The van der Waals surface area contributed by atoms with Gasteiger partial charge in [0, 0.05) is 24.4 Å². The van der Waals surface area contributed by atoms with Crippen LogP contribution in [0.3, 0.4) is 0 Å². The first kappa shape index (κ1) is 13.8. The molecule has 0 aliphatic heterocycles. The van der Waals surface area contributed by atoms with Crippen molar-refractivity contribution in [2.75, 3.05) is 0 Å². The first-order valence-corrected chi connectivity index (χ1v) is 5.32. The first-order valence-electron chi connectivity index (χ1n) is 5.32. The number of non-ortho nitro benzene ring substituents is 1. The van der Waals surface area contributed by atoms with Gasteiger partial charge in [0.15, 0.2) is 0 Å². The first-order chi connectivity index (χ1) is 9.36. The van der Waals surface area contributed by atoms with E-state index in [1.165, 1.54) is 24.3 Å². The third kappa shape index (κ3) is 3.22. The maximum atomic E-state index is 12.3. The minimum absolute atomic E-state index is 0.0353. The van der Waals surface area contributed by atoms with Crippen molar-refractivity contribution in [2.45, 2.75) is 6.18 Å². The third-order valence-corrected chi connectivity index (χ3v) is 2.33. The Morgan fingerprint density at radius 3 is 2.20 bits per heavy atom. The van der Waals surface area contributed by atoms with Crippen LogP contribution in [-0.2, 0) is 6.18 Å². The predicted octanol–water partition coefficient (Wildman–Crippen LogP) is 3.80. The monoisotopic (exact) mass is 284 g/mol. The summed E-state index contributed by atoms with van der Waals surface area (Å²) in [6, 6.07) is 7.02. The van der Waals surface area contributed by atoms with Crippen molar-refractivity contribution < 1.29 is 22.8 Å². The quantitative estimate of drug-likeness (QED) is 0.635. The molecule has 8 heteroatoms. The summed E-state index contributed by atoms with van der Waals surface area (Å²) in [6.07, 6.45) is -3.81. The van der Waals surface area contributed by atoms with E-state index in [0.717, 1.165) is 12.1 Å². The van der Waals surface area contributed by atoms with Gasteiger partial charge in [0.05, 0.1) is 10.5 Å². The molecular weight excluding hydrogens is 277 g/mol. The van der Waals surface area contributed by atoms with Gasteiger partial charge in [0.1, 0.15) is 5.75 Å². The third-order valence-electron chi connectivity index (χ3n) is 2.33. The van der Waals surface area contributed by atoms with E-state index in [2.05, 4.69) is 4.98 Å². The van der Waals surface area contributed by atoms with Crippen molar-refractivity contribution in [2.24, 2.45) is 0 Å². The Balaban J connectivity index is 2.12. The average molecular weight is 284 g/mol. The van der Waals surface area contributed by atoms with Crippen LogP contribution >= 0.6 is 0 Å². The summed E-state index contributed by atoms with van der Waals surface area (Å²) < 4.78 is 42.1. The molecule has 0 fully saturated rings. The van der Waals surface area contributed by atoms with Gasteiger partial charge < -0.3 is 4.74 Å². The molecule has 0 saturated carbocycles. The number of nitro benzene ring substituents is 1. The summed E-state index contributed by atoms with van der Waals surface area (Å²) in [7, 11) is 0. The van der Waals surface area contributed by atoms with E-state index in [1.807, 2.05) is 0 Å². The van der Waals surface area contributed by atoms with Gasteiger partial charge in [-0.3, -0.25) is 10.1 Å². The van der Waals surface area contributed by atoms with Crippen LogP contribution in [0.25, 0.3) is 0 Å². The maximum absolute atomic E-state index is 12.3. The Kier molecular flexibility index (Phi) is 3.55. The molecule has 0 saturated heterocycles. The Morgan fingerprint density at radius 2 is 1.75 bits per heavy atom. The molecule has 0 amide bonds. The Morgan fingerprint density at radius 1 is 1.10 bits per heavy atom. The molecule has 0 aliphatic rings. The van der Waals surface area contributed by atoms with E-state index >= 15 is 0 Å². The lowest BCUT2D eigenvalue weighted by Gasteiger charge is -2.07. The molecule has 0 spiro atoms. The molecule has 0 aliphatic carbocycles. The molecular formula is C12H7F3N2O3. The number of aromatic nitrogens is 1. The van der Waals surface area contributed by atoms with Crippen molar-refractivity contribution >= 4 is 5.69 Å². The fraction of sp³-hybridized carbons (Fsp3) is 0.0833. The number of pyridine rings is 1. The number of nitrogens with zero attached hydrogens (tertiary/aromatic N) is 2. The van der Waals surface area contributed by atoms with Crippen LogP contribution in [0.1, 0.15) is 5.56 Å². The Hall–Kier alpha value is -2.64. The van der Waals surface area contributed by atoms with Gasteiger partial charge in [-0.25, -0.2) is 4.98 Å². The zero-order chi connectivity index (χ0) is 14.8. The highest BCUT2D eigenvalue weighted by Gasteiger charge is 2.30. The van der Waals surface area contributed by atoms with Gasteiger partial charge in [-0.1, -0.05) is 0 Å². The molecule has 0 bridgehead atoms. The van der Waals surface area contributed by atoms with Crippen molar-refractivity contribution in [3.05, 3.63) is 58.3 Å². The summed E-state index contributed by atoms with van der Waals surface area (Å²) in [6.45, 7) is 0. The van der Waals surface area contributed by atoms with Gasteiger partial charge in [-0.2, -0.15) is 13.2 Å². The van der Waals surface area contributed by atoms with Crippen LogP contribution in [0.15, 0.2) is 42.6 Å². The normalized spacial score (nSPS) is 11.2. The van der Waals surface area contributed by atoms with Crippen molar-refractivity contribution in [1.82, 2.24) is 4.98 Å². The van der Waals surface area contributed by atoms with Crippen LogP contribution in [0, 0.1) is 10.1 Å². The summed E-state index contributed by atoms with van der Waals surface area (Å²) in [5, 5.41) is 10.4. The minimum atomic E-state index is -4.46. The molecule has 2 rings (SSSR count). The number of benzene rings is 1. The van der Waals surface area contributed by atoms with Crippen LogP contribution in [0.2, 0.25) is 0 Å². The zero-order valence-corrected chi connectivity index (χ0v) is 9.79. The molecule has 2 aromatic rings. The van der Waals surface area contributed by atoms with Crippen molar-refractivity contribution in [3.8, 4) is 11.6 Å². The summed E-state index contributed by atoms with van der Waals surface area (Å²) in [5.41, 5.74) is -0.994. The lowest BCUT2D eigenvalue weighted by atomic mass is 10.3. The van der Waals surface area contributed by atoms with Crippen LogP contribution < -0.4 is 4.74 Å². The second kappa shape index (κ2) is 5.16. The fourth-order valence-corrected chi connectivity index (χ4v) is 1.36. The topological polar surface area (TPSA) is 65.3 Å². The van der Waals surface area contributed by atoms with E-state index in [9.17, 15) is 23.3 Å². The Bertz CT molecular complexity index is 609. The van der Waals surface area contributed by atoms with E-state index in [-0.39, 0.29) is 17.3 Å². The lowest BCUT2D eigenvalue weighted by molar-refractivity contribution is -0.384. The molecule has 0 atom stereocenters. The van der Waals surface area contributed by atoms with E-state index in [1.54, 1.807) is 0 Å². The van der Waals surface area contributed by atoms with Gasteiger partial charge in [0.2, 0.25) is 5.88 Å². The molecule has 0 radical (unpaired) electrons. The SMILES string of the molecule is O=[N+]([O-])c1ccc(Oc2ccc(C(F)(F)F)cn2)cc1. The molecule has 20 heavy (non-hydrogen) atoms. The number of nitro groups is 1. The smallest absolute Gasteiger partial charge is 0.417 e. The second-order valence-corrected chi connectivity index (χ2v) is 3.74. The Labute approximate surface area is 110 Å². The van der Waals surface area contributed by atoms with Gasteiger partial charge in [-0.05, 0) is 18.2 Å². The van der Waals surface area contributed by atoms with E-state index < -0.39 is 16.7 Å². The predicted molar refractivity (Wildman–Crippen MR) is 62.4 cm³/mol. The summed E-state index contributed by atoms with van der Waals surface area (Å²) >= 11 is 0. The standard InChI is InChI=1S/C12H7F3N2O3/c13-12(14,15)8-1-6-11(16-7-8)20-10-4-2-9(3-5-10)17(18)19/h1-7H. The number of hydrogen-bond donors (Lipinski definition) is 0. The van der Waals surface area contributed by atoms with Crippen LogP contribution in [-0.4, -0.2) is 9.91 Å². The van der Waals surface area contributed by atoms with Crippen LogP contribution in [0.4, 0.5) is 18.9 Å². The molecule has 104 valence electrons. The number of hydrogen-bond acceptors (Lipinski definition) is 4. The number of ether oxygens (including phenoxy) is 1. The summed E-state index contributed by atoms with van der Waals surface area (Å²) in [4.78, 5) is 13.4. The van der Waals surface area contributed by atoms with Gasteiger partial charge in [-0.15, -0.1) is 0 Å². The lowest BCUT2D eigenvalue weighted by Crippen LogP contribution is -2.05. The average Bonchev–Trinajstić information content (AvgIpc) is 2.39. The van der Waals surface area contributed by atoms with Crippen molar-refractivity contribution in [3.63, 3.8) is 0 Å². The highest BCUT2D eigenvalue weighted by atomic mass is 19.4. The minimum Gasteiger partial charge on any atom is -0.439 e. The largest absolute Gasteiger partial charge is 0.439 e. The van der Waals surface area contributed by atoms with Crippen molar-refractivity contribution in [1.29, 1.82) is 0 Å². The molecule has 1 aromatic heterocycles. The van der Waals surface area contributed by atoms with E-state index in [4.69, 9.17) is 4.74 Å². The molecule has 5 nitrogen and oxygen atoms in total. The number of rotatable bonds is 3. The maximum Gasteiger partial charge on any atom is 0.417 e. The summed E-state index contributed by atoms with van der Waals surface area (Å²) in [5.74, 6) is 0.203. The molecule has 1 heterocycles. The fourth-order valence-electron chi connectivity index (χ4n) is 1.36.